The fourth-order valence-electron chi connectivity index (χ4n) is 0.755. The van der Waals surface area contributed by atoms with Gasteiger partial charge in [0.25, 0.3) is 0 Å². The van der Waals surface area contributed by atoms with Gasteiger partial charge in [-0.3, -0.25) is 0 Å². The first-order valence-corrected chi connectivity index (χ1v) is 6.41. The fourth-order valence-corrected chi connectivity index (χ4v) is 0.755. The van der Waals surface area contributed by atoms with Gasteiger partial charge in [-0.25, -0.2) is 9.59 Å². The van der Waals surface area contributed by atoms with Crippen molar-refractivity contribution in [1.29, 1.82) is 0 Å². The van der Waals surface area contributed by atoms with Crippen LogP contribution in [0.4, 0.5) is 0 Å². The van der Waals surface area contributed by atoms with Gasteiger partial charge in [-0.05, 0) is 50.2 Å². The maximum Gasteiger partial charge on any atom is 0.335 e. The molecule has 0 aliphatic carbocycles. The predicted octanol–water partition coefficient (Wildman–Crippen LogP) is 1.79. The fraction of sp³-hybridized carbons (Fsp3) is 0.429. The third-order valence-corrected chi connectivity index (χ3v) is 1.96. The molecule has 0 unspecified atom stereocenters. The summed E-state index contributed by atoms with van der Waals surface area (Å²) >= 11 is 0. The van der Waals surface area contributed by atoms with E-state index in [9.17, 15) is 9.59 Å². The van der Waals surface area contributed by atoms with Crippen LogP contribution in [-0.2, 0) is 0 Å². The summed E-state index contributed by atoms with van der Waals surface area (Å²) in [5.41, 5.74) is 10.2. The molecule has 0 bridgehead atoms. The second-order valence-electron chi connectivity index (χ2n) is 3.77. The molecule has 114 valence electrons. The van der Waals surface area contributed by atoms with Gasteiger partial charge < -0.3 is 21.7 Å². The molecule has 0 aromatic heterocycles. The Bertz CT molecular complexity index is 336. The maximum absolute atomic E-state index is 10.3. The molecule has 0 amide bonds. The smallest absolute Gasteiger partial charge is 0.335 e. The normalized spacial score (nSPS) is 8.60. The first-order valence-electron chi connectivity index (χ1n) is 6.41. The van der Waals surface area contributed by atoms with E-state index in [4.69, 9.17) is 21.7 Å². The van der Waals surface area contributed by atoms with Crippen LogP contribution in [0.15, 0.2) is 24.3 Å². The Labute approximate surface area is 119 Å². The van der Waals surface area contributed by atoms with Gasteiger partial charge in [-0.2, -0.15) is 0 Å². The van der Waals surface area contributed by atoms with Gasteiger partial charge in [0.05, 0.1) is 11.1 Å². The molecule has 1 rings (SSSR count). The molecule has 1 aromatic rings. The Hall–Kier alpha value is -1.92. The van der Waals surface area contributed by atoms with Gasteiger partial charge in [-0.1, -0.05) is 13.8 Å². The summed E-state index contributed by atoms with van der Waals surface area (Å²) in [6.07, 6.45) is 2.19. The van der Waals surface area contributed by atoms with Crippen LogP contribution in [0.5, 0.6) is 0 Å². The van der Waals surface area contributed by atoms with E-state index in [1.54, 1.807) is 0 Å². The summed E-state index contributed by atoms with van der Waals surface area (Å²) in [5.74, 6) is -2.13. The minimum Gasteiger partial charge on any atom is -0.478 e. The highest BCUT2D eigenvalue weighted by molar-refractivity contribution is 5.91. The third-order valence-electron chi connectivity index (χ3n) is 1.96. The molecule has 6 N–H and O–H groups in total. The van der Waals surface area contributed by atoms with Gasteiger partial charge in [0.1, 0.15) is 0 Å². The molecule has 0 fully saturated rings. The lowest BCUT2D eigenvalue weighted by Crippen LogP contribution is -1.99. The van der Waals surface area contributed by atoms with Crippen molar-refractivity contribution >= 4 is 11.9 Å². The van der Waals surface area contributed by atoms with Gasteiger partial charge in [0.15, 0.2) is 0 Å². The van der Waals surface area contributed by atoms with Crippen molar-refractivity contribution in [3.8, 4) is 0 Å². The second-order valence-corrected chi connectivity index (χ2v) is 3.77. The van der Waals surface area contributed by atoms with Crippen molar-refractivity contribution in [2.75, 3.05) is 13.1 Å². The van der Waals surface area contributed by atoms with Crippen LogP contribution in [0.1, 0.15) is 47.4 Å². The van der Waals surface area contributed by atoms with Gasteiger partial charge in [0.2, 0.25) is 0 Å². The van der Waals surface area contributed by atoms with Crippen molar-refractivity contribution < 1.29 is 19.8 Å². The number of aromatic carboxylic acids is 2. The Kier molecular flexibility index (Phi) is 13.8. The van der Waals surface area contributed by atoms with Crippen molar-refractivity contribution in [3.05, 3.63) is 35.4 Å². The summed E-state index contributed by atoms with van der Waals surface area (Å²) in [4.78, 5) is 20.7. The Morgan fingerprint density at radius 1 is 0.850 bits per heavy atom. The third kappa shape index (κ3) is 11.2. The molecule has 6 heteroatoms. The summed E-state index contributed by atoms with van der Waals surface area (Å²) < 4.78 is 0. The van der Waals surface area contributed by atoms with E-state index in [1.807, 2.05) is 0 Å². The lowest BCUT2D eigenvalue weighted by atomic mass is 10.1. The summed E-state index contributed by atoms with van der Waals surface area (Å²) in [6.45, 7) is 5.75. The van der Waals surface area contributed by atoms with E-state index in [-0.39, 0.29) is 11.1 Å². The molecule has 0 spiro atoms. The largest absolute Gasteiger partial charge is 0.478 e. The van der Waals surface area contributed by atoms with Crippen molar-refractivity contribution in [3.63, 3.8) is 0 Å². The average Bonchev–Trinajstić information content (AvgIpc) is 2.47. The van der Waals surface area contributed by atoms with Gasteiger partial charge in [0, 0.05) is 0 Å². The van der Waals surface area contributed by atoms with E-state index >= 15 is 0 Å². The Morgan fingerprint density at radius 3 is 1.15 bits per heavy atom. The highest BCUT2D eigenvalue weighted by Gasteiger charge is 2.04. The SMILES string of the molecule is CCCN.CCCN.O=C(O)c1ccc(C(=O)O)cc1. The number of benzene rings is 1. The molecule has 6 nitrogen and oxygen atoms in total. The molecule has 0 saturated heterocycles. The highest BCUT2D eigenvalue weighted by Crippen LogP contribution is 2.03. The van der Waals surface area contributed by atoms with E-state index in [0.29, 0.717) is 0 Å². The average molecular weight is 284 g/mol. The Morgan fingerprint density at radius 2 is 1.05 bits per heavy atom. The van der Waals surface area contributed by atoms with E-state index in [0.717, 1.165) is 25.9 Å². The zero-order valence-electron chi connectivity index (χ0n) is 12.0. The van der Waals surface area contributed by atoms with Crippen molar-refractivity contribution in [2.24, 2.45) is 11.5 Å². The molecular formula is C14H24N2O4. The molecule has 0 aliphatic heterocycles. The van der Waals surface area contributed by atoms with Crippen molar-refractivity contribution in [2.45, 2.75) is 26.7 Å². The molecule has 0 heterocycles. The molecule has 0 aliphatic rings. The molecule has 0 radical (unpaired) electrons. The molecule has 20 heavy (non-hydrogen) atoms. The van der Waals surface area contributed by atoms with Crippen LogP contribution in [0.2, 0.25) is 0 Å². The maximum atomic E-state index is 10.3. The number of carboxylic acids is 2. The number of carboxylic acid groups (broad SMARTS) is 2. The molecular weight excluding hydrogens is 260 g/mol. The van der Waals surface area contributed by atoms with E-state index < -0.39 is 11.9 Å². The van der Waals surface area contributed by atoms with Crippen LogP contribution in [0.3, 0.4) is 0 Å². The number of carbonyl (C=O) groups is 2. The number of hydrogen-bond acceptors (Lipinski definition) is 4. The van der Waals surface area contributed by atoms with Gasteiger partial charge in [-0.15, -0.1) is 0 Å². The van der Waals surface area contributed by atoms with Crippen LogP contribution in [0, 0.1) is 0 Å². The predicted molar refractivity (Wildman–Crippen MR) is 79.1 cm³/mol. The van der Waals surface area contributed by atoms with E-state index in [1.165, 1.54) is 24.3 Å². The van der Waals surface area contributed by atoms with Gasteiger partial charge >= 0.3 is 11.9 Å². The molecule has 0 saturated carbocycles. The van der Waals surface area contributed by atoms with Crippen LogP contribution >= 0.6 is 0 Å². The summed E-state index contributed by atoms with van der Waals surface area (Å²) in [6, 6.07) is 5.02. The summed E-state index contributed by atoms with van der Waals surface area (Å²) in [7, 11) is 0. The van der Waals surface area contributed by atoms with E-state index in [2.05, 4.69) is 13.8 Å². The van der Waals surface area contributed by atoms with Crippen LogP contribution < -0.4 is 11.5 Å². The first-order chi connectivity index (χ1) is 9.44. The first kappa shape index (κ1) is 20.4. The Balaban J connectivity index is 0. The lowest BCUT2D eigenvalue weighted by molar-refractivity contribution is 0.0681. The van der Waals surface area contributed by atoms with Crippen LogP contribution in [-0.4, -0.2) is 35.2 Å². The second kappa shape index (κ2) is 13.5. The number of nitrogens with two attached hydrogens (primary N) is 2. The standard InChI is InChI=1S/C8H6O4.2C3H9N/c9-7(10)5-1-2-6(4-3-5)8(11)12;2*1-2-3-4/h1-4H,(H,9,10)(H,11,12);2*2-4H2,1H3. The quantitative estimate of drug-likeness (QED) is 0.667. The zero-order chi connectivity index (χ0) is 16.0. The summed E-state index contributed by atoms with van der Waals surface area (Å²) in [5, 5.41) is 16.9. The lowest BCUT2D eigenvalue weighted by Gasteiger charge is -1.94. The monoisotopic (exact) mass is 284 g/mol. The minimum atomic E-state index is -1.06. The molecule has 0 atom stereocenters. The van der Waals surface area contributed by atoms with Crippen molar-refractivity contribution in [1.82, 2.24) is 0 Å². The molecule has 1 aromatic carbocycles. The van der Waals surface area contributed by atoms with Crippen LogP contribution in [0.25, 0.3) is 0 Å². The highest BCUT2D eigenvalue weighted by atomic mass is 16.4. The zero-order valence-corrected chi connectivity index (χ0v) is 12.0. The topological polar surface area (TPSA) is 127 Å². The number of rotatable bonds is 4. The number of hydrogen-bond donors (Lipinski definition) is 4. The minimum absolute atomic E-state index is 0.0833.